The van der Waals surface area contributed by atoms with Crippen molar-refractivity contribution in [2.45, 2.75) is 0 Å². The van der Waals surface area contributed by atoms with Gasteiger partial charge in [0.2, 0.25) is 0 Å². The fourth-order valence-corrected chi connectivity index (χ4v) is 7.87. The summed E-state index contributed by atoms with van der Waals surface area (Å²) in [5.41, 5.74) is 12.3. The fourth-order valence-electron chi connectivity index (χ4n) is 7.87. The third-order valence-electron chi connectivity index (χ3n) is 10.5. The van der Waals surface area contributed by atoms with Crippen LogP contribution >= 0.6 is 0 Å². The first kappa shape index (κ1) is 31.6. The van der Waals surface area contributed by atoms with Gasteiger partial charge in [-0.05, 0) is 80.4 Å². The molecule has 54 heavy (non-hydrogen) atoms. The summed E-state index contributed by atoms with van der Waals surface area (Å²) in [6.45, 7) is 0. The summed E-state index contributed by atoms with van der Waals surface area (Å²) >= 11 is 0. The van der Waals surface area contributed by atoms with Crippen LogP contribution in [0.1, 0.15) is 0 Å². The van der Waals surface area contributed by atoms with E-state index >= 15 is 0 Å². The molecule has 0 aliphatic heterocycles. The molecule has 0 spiro atoms. The smallest absolute Gasteiger partial charge is 0.136 e. The number of rotatable bonds is 7. The van der Waals surface area contributed by atoms with Gasteiger partial charge in [-0.2, -0.15) is 0 Å². The molecule has 2 heteroatoms. The highest BCUT2D eigenvalue weighted by molar-refractivity contribution is 6.15. The van der Waals surface area contributed by atoms with Crippen LogP contribution in [0.3, 0.4) is 0 Å². The Bertz CT molecular complexity index is 2890. The molecule has 0 N–H and O–H groups in total. The van der Waals surface area contributed by atoms with E-state index < -0.39 is 0 Å². The molecule has 0 aliphatic carbocycles. The van der Waals surface area contributed by atoms with Crippen LogP contribution < -0.4 is 4.90 Å². The lowest BCUT2D eigenvalue weighted by Gasteiger charge is -2.29. The normalized spacial score (nSPS) is 11.3. The second-order valence-corrected chi connectivity index (χ2v) is 13.7. The Labute approximate surface area is 314 Å². The largest absolute Gasteiger partial charge is 0.456 e. The van der Waals surface area contributed by atoms with Gasteiger partial charge in [0.1, 0.15) is 11.3 Å². The van der Waals surface area contributed by atoms with Crippen LogP contribution in [0.4, 0.5) is 17.1 Å². The highest BCUT2D eigenvalue weighted by atomic mass is 16.3. The van der Waals surface area contributed by atoms with E-state index in [2.05, 4.69) is 199 Å². The van der Waals surface area contributed by atoms with Crippen molar-refractivity contribution < 1.29 is 4.42 Å². The highest BCUT2D eigenvalue weighted by Gasteiger charge is 2.20. The van der Waals surface area contributed by atoms with Gasteiger partial charge in [-0.25, -0.2) is 0 Å². The van der Waals surface area contributed by atoms with E-state index in [1.54, 1.807) is 0 Å². The maximum absolute atomic E-state index is 6.28. The number of benzene rings is 9. The Kier molecular flexibility index (Phi) is 7.85. The molecule has 0 saturated carbocycles. The zero-order valence-electron chi connectivity index (χ0n) is 29.6. The minimum Gasteiger partial charge on any atom is -0.456 e. The van der Waals surface area contributed by atoms with Crippen molar-refractivity contribution in [1.82, 2.24) is 0 Å². The lowest BCUT2D eigenvalue weighted by atomic mass is 9.95. The van der Waals surface area contributed by atoms with Crippen LogP contribution in [0.15, 0.2) is 217 Å². The molecule has 9 aromatic carbocycles. The Morgan fingerprint density at radius 1 is 0.315 bits per heavy atom. The van der Waals surface area contributed by atoms with E-state index in [0.29, 0.717) is 0 Å². The minimum atomic E-state index is 0.879. The molecule has 1 aromatic heterocycles. The first-order chi connectivity index (χ1) is 26.8. The summed E-state index contributed by atoms with van der Waals surface area (Å²) in [7, 11) is 0. The van der Waals surface area contributed by atoms with Crippen LogP contribution in [-0.2, 0) is 0 Å². The number of hydrogen-bond donors (Lipinski definition) is 0. The molecule has 2 nitrogen and oxygen atoms in total. The van der Waals surface area contributed by atoms with Gasteiger partial charge in [-0.3, -0.25) is 0 Å². The number of furan rings is 1. The van der Waals surface area contributed by atoms with Gasteiger partial charge in [0, 0.05) is 27.6 Å². The second kappa shape index (κ2) is 13.4. The van der Waals surface area contributed by atoms with Gasteiger partial charge >= 0.3 is 0 Å². The molecule has 254 valence electrons. The summed E-state index contributed by atoms with van der Waals surface area (Å²) in [6, 6.07) is 75.9. The SMILES string of the molecule is c1ccc(-c2ccccc2N(c2ccc(-c3ccc(-c4ccccc4-c4cc5ccccc5o4)cc3)cc2)c2cc3ccccc3c3ccccc23)cc1. The average molecular weight is 690 g/mol. The lowest BCUT2D eigenvalue weighted by molar-refractivity contribution is 0.632. The van der Waals surface area contributed by atoms with Crippen molar-refractivity contribution in [3.63, 3.8) is 0 Å². The van der Waals surface area contributed by atoms with Crippen molar-refractivity contribution in [3.05, 3.63) is 212 Å². The number of anilines is 3. The molecule has 0 aliphatic rings. The second-order valence-electron chi connectivity index (χ2n) is 13.7. The van der Waals surface area contributed by atoms with Crippen LogP contribution in [-0.4, -0.2) is 0 Å². The van der Waals surface area contributed by atoms with Crippen molar-refractivity contribution >= 4 is 49.6 Å². The standard InChI is InChI=1S/C52H35NO/c1-2-14-38(15-3-1)45-20-11-12-24-49(45)53(50-34-40-16-4-6-19-44(40)46-21-8-9-22-47(46)50)42-32-30-37(31-33-42)36-26-28-39(29-27-36)43-18-7-10-23-48(43)52-35-41-17-5-13-25-51(41)54-52/h1-35H. The summed E-state index contributed by atoms with van der Waals surface area (Å²) in [6.07, 6.45) is 0. The van der Waals surface area contributed by atoms with Crippen LogP contribution in [0.2, 0.25) is 0 Å². The monoisotopic (exact) mass is 689 g/mol. The lowest BCUT2D eigenvalue weighted by Crippen LogP contribution is -2.12. The van der Waals surface area contributed by atoms with Crippen LogP contribution in [0.5, 0.6) is 0 Å². The summed E-state index contributed by atoms with van der Waals surface area (Å²) in [5.74, 6) is 0.879. The Balaban J connectivity index is 1.06. The van der Waals surface area contributed by atoms with E-state index in [1.165, 1.54) is 38.2 Å². The average Bonchev–Trinajstić information content (AvgIpc) is 3.69. The Morgan fingerprint density at radius 2 is 0.852 bits per heavy atom. The summed E-state index contributed by atoms with van der Waals surface area (Å²) in [5, 5.41) is 6.03. The third-order valence-corrected chi connectivity index (χ3v) is 10.5. The van der Waals surface area contributed by atoms with Crippen molar-refractivity contribution in [2.75, 3.05) is 4.90 Å². The molecule has 10 aromatic rings. The minimum absolute atomic E-state index is 0.879. The van der Waals surface area contributed by atoms with Gasteiger partial charge in [0.25, 0.3) is 0 Å². The molecule has 0 amide bonds. The Hall–Kier alpha value is -7.16. The zero-order chi connectivity index (χ0) is 35.8. The first-order valence-corrected chi connectivity index (χ1v) is 18.4. The fraction of sp³-hybridized carbons (Fsp3) is 0. The zero-order valence-corrected chi connectivity index (χ0v) is 29.6. The number of para-hydroxylation sites is 2. The molecule has 0 bridgehead atoms. The van der Waals surface area contributed by atoms with Gasteiger partial charge in [-0.1, -0.05) is 176 Å². The summed E-state index contributed by atoms with van der Waals surface area (Å²) < 4.78 is 6.28. The van der Waals surface area contributed by atoms with E-state index in [4.69, 9.17) is 4.42 Å². The molecule has 0 atom stereocenters. The molecular formula is C52H35NO. The van der Waals surface area contributed by atoms with E-state index in [9.17, 15) is 0 Å². The maximum Gasteiger partial charge on any atom is 0.136 e. The van der Waals surface area contributed by atoms with Gasteiger partial charge < -0.3 is 9.32 Å². The Morgan fingerprint density at radius 3 is 1.61 bits per heavy atom. The van der Waals surface area contributed by atoms with E-state index in [-0.39, 0.29) is 0 Å². The number of nitrogens with zero attached hydrogens (tertiary/aromatic N) is 1. The molecule has 0 radical (unpaired) electrons. The predicted octanol–water partition coefficient (Wildman–Crippen LogP) is 14.9. The van der Waals surface area contributed by atoms with E-state index in [0.717, 1.165) is 56.0 Å². The van der Waals surface area contributed by atoms with Gasteiger partial charge in [0.05, 0.1) is 11.4 Å². The summed E-state index contributed by atoms with van der Waals surface area (Å²) in [4.78, 5) is 2.43. The van der Waals surface area contributed by atoms with Crippen LogP contribution in [0, 0.1) is 0 Å². The van der Waals surface area contributed by atoms with Gasteiger partial charge in [0.15, 0.2) is 0 Å². The first-order valence-electron chi connectivity index (χ1n) is 18.4. The topological polar surface area (TPSA) is 16.4 Å². The van der Waals surface area contributed by atoms with Crippen molar-refractivity contribution in [1.29, 1.82) is 0 Å². The number of hydrogen-bond acceptors (Lipinski definition) is 2. The quantitative estimate of drug-likeness (QED) is 0.155. The highest BCUT2D eigenvalue weighted by Crippen LogP contribution is 2.45. The maximum atomic E-state index is 6.28. The molecule has 0 unspecified atom stereocenters. The molecule has 10 rings (SSSR count). The van der Waals surface area contributed by atoms with E-state index in [1.807, 2.05) is 18.2 Å². The third kappa shape index (κ3) is 5.62. The molecule has 0 saturated heterocycles. The molecular weight excluding hydrogens is 655 g/mol. The van der Waals surface area contributed by atoms with Crippen LogP contribution in [0.25, 0.3) is 77.2 Å². The molecule has 1 heterocycles. The predicted molar refractivity (Wildman–Crippen MR) is 228 cm³/mol. The molecule has 0 fully saturated rings. The van der Waals surface area contributed by atoms with Gasteiger partial charge in [-0.15, -0.1) is 0 Å². The number of fused-ring (bicyclic) bond motifs is 4. The van der Waals surface area contributed by atoms with Crippen molar-refractivity contribution in [3.8, 4) is 44.7 Å². The van der Waals surface area contributed by atoms with Crippen molar-refractivity contribution in [2.24, 2.45) is 0 Å².